The molecule has 0 bridgehead atoms. The van der Waals surface area contributed by atoms with Gasteiger partial charge in [0.25, 0.3) is 0 Å². The molecule has 1 saturated heterocycles. The fourth-order valence-corrected chi connectivity index (χ4v) is 3.86. The number of hydrogen-bond acceptors (Lipinski definition) is 6. The van der Waals surface area contributed by atoms with Gasteiger partial charge in [0.05, 0.1) is 6.10 Å². The van der Waals surface area contributed by atoms with E-state index in [4.69, 9.17) is 4.74 Å². The molecule has 32 heavy (non-hydrogen) atoms. The lowest BCUT2D eigenvalue weighted by Gasteiger charge is -2.28. The maximum absolute atomic E-state index is 13.3. The molecule has 1 heterocycles. The first-order chi connectivity index (χ1) is 14.9. The van der Waals surface area contributed by atoms with Crippen LogP contribution in [-0.2, 0) is 4.74 Å². The molecule has 0 atom stereocenters. The van der Waals surface area contributed by atoms with Crippen LogP contribution in [0, 0.1) is 0 Å². The van der Waals surface area contributed by atoms with Crippen LogP contribution < -0.4 is 10.6 Å². The zero-order valence-electron chi connectivity index (χ0n) is 17.6. The number of nitrogens with zero attached hydrogens (tertiary/aromatic N) is 1. The van der Waals surface area contributed by atoms with Gasteiger partial charge in [-0.25, -0.2) is 4.79 Å². The van der Waals surface area contributed by atoms with Crippen molar-refractivity contribution in [2.75, 3.05) is 23.7 Å². The number of ketones is 2. The van der Waals surface area contributed by atoms with Crippen molar-refractivity contribution in [3.8, 4) is 0 Å². The number of rotatable bonds is 5. The van der Waals surface area contributed by atoms with Gasteiger partial charge in [-0.3, -0.25) is 14.9 Å². The first kappa shape index (κ1) is 23.1. The van der Waals surface area contributed by atoms with Gasteiger partial charge >= 0.3 is 6.09 Å². The Bertz CT molecular complexity index is 1050. The SMILES string of the molecule is C.CC(C)OC(=O)Nc1ccc(NC2=C(N3CCCC3)C(=O)c3ccccc3C2=O)cc1. The molecule has 0 saturated carbocycles. The summed E-state index contributed by atoms with van der Waals surface area (Å²) in [6.07, 6.45) is 1.24. The molecule has 0 radical (unpaired) electrons. The predicted octanol–water partition coefficient (Wildman–Crippen LogP) is 5.08. The number of carbonyl (C=O) groups excluding carboxylic acids is 3. The van der Waals surface area contributed by atoms with Crippen molar-refractivity contribution in [2.45, 2.75) is 40.2 Å². The molecule has 1 fully saturated rings. The Morgan fingerprint density at radius 2 is 1.47 bits per heavy atom. The molecule has 7 heteroatoms. The smallest absolute Gasteiger partial charge is 0.411 e. The lowest BCUT2D eigenvalue weighted by atomic mass is 9.89. The molecule has 0 aromatic heterocycles. The minimum Gasteiger partial charge on any atom is -0.447 e. The highest BCUT2D eigenvalue weighted by atomic mass is 16.6. The van der Waals surface area contributed by atoms with Crippen molar-refractivity contribution in [1.82, 2.24) is 4.90 Å². The van der Waals surface area contributed by atoms with Crippen LogP contribution in [0.1, 0.15) is 54.8 Å². The number of carbonyl (C=O) groups is 3. The van der Waals surface area contributed by atoms with E-state index in [0.29, 0.717) is 33.9 Å². The summed E-state index contributed by atoms with van der Waals surface area (Å²) < 4.78 is 5.08. The second-order valence-corrected chi connectivity index (χ2v) is 7.90. The lowest BCUT2D eigenvalue weighted by Crippen LogP contribution is -2.35. The lowest BCUT2D eigenvalue weighted by molar-refractivity contribution is 0.0948. The van der Waals surface area contributed by atoms with Crippen LogP contribution in [0.15, 0.2) is 59.9 Å². The second kappa shape index (κ2) is 9.68. The van der Waals surface area contributed by atoms with Crippen molar-refractivity contribution in [3.05, 3.63) is 71.1 Å². The van der Waals surface area contributed by atoms with Crippen LogP contribution in [0.5, 0.6) is 0 Å². The maximum atomic E-state index is 13.3. The Hall–Kier alpha value is -3.61. The number of ether oxygens (including phenoxy) is 1. The molecule has 1 aliphatic carbocycles. The monoisotopic (exact) mass is 435 g/mol. The average molecular weight is 436 g/mol. The highest BCUT2D eigenvalue weighted by molar-refractivity contribution is 6.27. The standard InChI is InChI=1S/C24H25N3O4.CH4/c1-15(2)31-24(30)26-17-11-9-16(10-12-17)25-20-21(27-13-5-6-14-27)23(29)19-8-4-3-7-18(19)22(20)28;/h3-4,7-12,15,25H,5-6,13-14H2,1-2H3,(H,26,30);1H4. The van der Waals surface area contributed by atoms with E-state index >= 15 is 0 Å². The molecule has 0 spiro atoms. The van der Waals surface area contributed by atoms with Gasteiger partial charge in [-0.15, -0.1) is 0 Å². The molecule has 2 aliphatic rings. The zero-order valence-corrected chi connectivity index (χ0v) is 17.6. The van der Waals surface area contributed by atoms with Gasteiger partial charge in [0, 0.05) is 35.6 Å². The largest absolute Gasteiger partial charge is 0.447 e. The minimum absolute atomic E-state index is 0. The van der Waals surface area contributed by atoms with Crippen LogP contribution in [0.4, 0.5) is 16.2 Å². The molecule has 168 valence electrons. The summed E-state index contributed by atoms with van der Waals surface area (Å²) in [4.78, 5) is 40.3. The topological polar surface area (TPSA) is 87.7 Å². The van der Waals surface area contributed by atoms with E-state index in [1.165, 1.54) is 0 Å². The van der Waals surface area contributed by atoms with Crippen LogP contribution >= 0.6 is 0 Å². The summed E-state index contributed by atoms with van der Waals surface area (Å²) in [6.45, 7) is 5.06. The fourth-order valence-electron chi connectivity index (χ4n) is 3.86. The highest BCUT2D eigenvalue weighted by Gasteiger charge is 2.36. The molecule has 2 aromatic carbocycles. The van der Waals surface area contributed by atoms with Gasteiger partial charge in [0.2, 0.25) is 11.6 Å². The second-order valence-electron chi connectivity index (χ2n) is 7.90. The Kier molecular flexibility index (Phi) is 6.98. The Morgan fingerprint density at radius 3 is 2.06 bits per heavy atom. The van der Waals surface area contributed by atoms with Crippen LogP contribution in [-0.4, -0.2) is 41.8 Å². The number of likely N-dealkylation sites (tertiary alicyclic amines) is 1. The Labute approximate surface area is 188 Å². The average Bonchev–Trinajstić information content (AvgIpc) is 3.27. The van der Waals surface area contributed by atoms with Crippen LogP contribution in [0.3, 0.4) is 0 Å². The van der Waals surface area contributed by atoms with Gasteiger partial charge in [-0.05, 0) is 51.0 Å². The van der Waals surface area contributed by atoms with Gasteiger partial charge in [-0.1, -0.05) is 31.7 Å². The molecule has 0 unspecified atom stereocenters. The summed E-state index contributed by atoms with van der Waals surface area (Å²) >= 11 is 0. The molecule has 7 nitrogen and oxygen atoms in total. The number of allylic oxidation sites excluding steroid dienone is 2. The quantitative estimate of drug-likeness (QED) is 0.681. The van der Waals surface area contributed by atoms with E-state index in [1.54, 1.807) is 62.4 Å². The molecule has 2 N–H and O–H groups in total. The van der Waals surface area contributed by atoms with E-state index in [-0.39, 0.29) is 25.1 Å². The third-order valence-electron chi connectivity index (χ3n) is 5.26. The normalized spacial score (nSPS) is 15.4. The third-order valence-corrected chi connectivity index (χ3v) is 5.26. The van der Waals surface area contributed by atoms with Gasteiger partial charge in [-0.2, -0.15) is 0 Å². The molecule has 1 aliphatic heterocycles. The first-order valence-corrected chi connectivity index (χ1v) is 10.5. The summed E-state index contributed by atoms with van der Waals surface area (Å²) in [5, 5.41) is 5.82. The van der Waals surface area contributed by atoms with Crippen molar-refractivity contribution >= 4 is 29.0 Å². The van der Waals surface area contributed by atoms with Crippen molar-refractivity contribution in [2.24, 2.45) is 0 Å². The maximum Gasteiger partial charge on any atom is 0.411 e. The van der Waals surface area contributed by atoms with E-state index in [9.17, 15) is 14.4 Å². The van der Waals surface area contributed by atoms with Gasteiger partial charge in [0.15, 0.2) is 0 Å². The van der Waals surface area contributed by atoms with E-state index in [1.807, 2.05) is 4.90 Å². The van der Waals surface area contributed by atoms with E-state index in [0.717, 1.165) is 25.9 Å². The zero-order chi connectivity index (χ0) is 22.0. The molecular formula is C25H29N3O4. The number of Topliss-reactive ketones (excluding diaryl/α,β-unsaturated/α-hetero) is 2. The van der Waals surface area contributed by atoms with Crippen LogP contribution in [0.2, 0.25) is 0 Å². The molecule has 1 amide bonds. The predicted molar refractivity (Wildman–Crippen MR) is 125 cm³/mol. The van der Waals surface area contributed by atoms with Crippen molar-refractivity contribution in [3.63, 3.8) is 0 Å². The van der Waals surface area contributed by atoms with Crippen molar-refractivity contribution < 1.29 is 19.1 Å². The number of nitrogens with one attached hydrogen (secondary N) is 2. The summed E-state index contributed by atoms with van der Waals surface area (Å²) in [5.41, 5.74) is 2.81. The molecule has 2 aromatic rings. The number of anilines is 2. The minimum atomic E-state index is -0.528. The van der Waals surface area contributed by atoms with Crippen molar-refractivity contribution in [1.29, 1.82) is 0 Å². The van der Waals surface area contributed by atoms with E-state index in [2.05, 4.69) is 10.6 Å². The summed E-state index contributed by atoms with van der Waals surface area (Å²) in [5.74, 6) is -0.325. The number of benzene rings is 2. The molecular weight excluding hydrogens is 406 g/mol. The number of hydrogen-bond donors (Lipinski definition) is 2. The van der Waals surface area contributed by atoms with Gasteiger partial charge in [0.1, 0.15) is 11.4 Å². The fraction of sp³-hybridized carbons (Fsp3) is 0.320. The Balaban J connectivity index is 0.00000289. The molecule has 4 rings (SSSR count). The van der Waals surface area contributed by atoms with Crippen LogP contribution in [0.25, 0.3) is 0 Å². The van der Waals surface area contributed by atoms with Gasteiger partial charge < -0.3 is 15.0 Å². The first-order valence-electron chi connectivity index (χ1n) is 10.5. The highest BCUT2D eigenvalue weighted by Crippen LogP contribution is 2.31. The summed E-state index contributed by atoms with van der Waals surface area (Å²) in [7, 11) is 0. The summed E-state index contributed by atoms with van der Waals surface area (Å²) in [6, 6.07) is 13.9. The number of fused-ring (bicyclic) bond motifs is 1. The number of amides is 1. The van der Waals surface area contributed by atoms with E-state index < -0.39 is 6.09 Å². The third kappa shape index (κ3) is 4.66. The Morgan fingerprint density at radius 1 is 0.906 bits per heavy atom.